The summed E-state index contributed by atoms with van der Waals surface area (Å²) in [5, 5.41) is 0. The number of carbonyl (C=O) groups excluding carboxylic acids is 6. The molecule has 0 aliphatic rings. The molecule has 73 heavy (non-hydrogen) atoms. The highest BCUT2D eigenvalue weighted by molar-refractivity contribution is 5.88. The number of hydrogen-bond donors (Lipinski definition) is 0. The molecule has 0 aromatic heterocycles. The fraction of sp³-hybridized carbons (Fsp3) is 0.508. The highest BCUT2D eigenvalue weighted by Crippen LogP contribution is 2.24. The lowest BCUT2D eigenvalue weighted by Crippen LogP contribution is -2.27. The molecule has 0 radical (unpaired) electrons. The number of rotatable bonds is 23. The zero-order chi connectivity index (χ0) is 55.4. The van der Waals surface area contributed by atoms with E-state index in [9.17, 15) is 28.8 Å². The molecule has 0 heterocycles. The predicted octanol–water partition coefficient (Wildman–Crippen LogP) is 12.8. The van der Waals surface area contributed by atoms with Gasteiger partial charge in [-0.15, -0.1) is 0 Å². The Morgan fingerprint density at radius 2 is 0.753 bits per heavy atom. The van der Waals surface area contributed by atoms with E-state index in [2.05, 4.69) is 58.9 Å². The lowest BCUT2D eigenvalue weighted by molar-refractivity contribution is -0.158. The maximum Gasteiger partial charge on any atom is 0.330 e. The van der Waals surface area contributed by atoms with Crippen molar-refractivity contribution in [2.45, 2.75) is 142 Å². The van der Waals surface area contributed by atoms with Gasteiger partial charge in [-0.2, -0.15) is 0 Å². The van der Waals surface area contributed by atoms with E-state index in [1.165, 1.54) is 40.5 Å². The Kier molecular flexibility index (Phi) is 28.4. The summed E-state index contributed by atoms with van der Waals surface area (Å²) in [6, 6.07) is 22.1. The van der Waals surface area contributed by atoms with Crippen LogP contribution in [0.15, 0.2) is 85.0 Å². The van der Waals surface area contributed by atoms with Crippen LogP contribution in [0, 0.1) is 36.0 Å². The highest BCUT2D eigenvalue weighted by atomic mass is 16.6. The standard InChI is InChI=1S/2C21H30O4.C19H26O4/c1-7-21(5,6)19(23)25-15-14-24-18(22)13-10-16-8-11-17(12-9-16)20(2,3)4;1-6-21(4,5)20(23)25-14-13-24-19(22)12-11-17-7-9-18(10-8-17)15-16(2)3;1-6-19(4,5)18(21)23-12-11-22-17(20)10-9-16-8-7-14(2)15(3)13-16/h8-13H,7,14-15H2,1-6H3;7-12,16H,6,13-15H2,1-5H3;7-10,13H,6,11-12H2,1-5H3/b13-10+;12-11+;10-9+. The Morgan fingerprint density at radius 1 is 0.438 bits per heavy atom. The molecule has 3 aromatic carbocycles. The van der Waals surface area contributed by atoms with Crippen LogP contribution >= 0.6 is 0 Å². The number of hydrogen-bond acceptors (Lipinski definition) is 12. The Morgan fingerprint density at radius 3 is 1.07 bits per heavy atom. The first-order valence-electron chi connectivity index (χ1n) is 25.4. The van der Waals surface area contributed by atoms with Gasteiger partial charge in [-0.1, -0.05) is 122 Å². The number of esters is 6. The van der Waals surface area contributed by atoms with Crippen LogP contribution in [0.3, 0.4) is 0 Å². The van der Waals surface area contributed by atoms with Crippen molar-refractivity contribution < 1.29 is 57.2 Å². The first-order chi connectivity index (χ1) is 34.1. The third-order valence-electron chi connectivity index (χ3n) is 12.2. The monoisotopic (exact) mass is 1010 g/mol. The average Bonchev–Trinajstić information content (AvgIpc) is 3.34. The van der Waals surface area contributed by atoms with E-state index in [1.807, 2.05) is 119 Å². The summed E-state index contributed by atoms with van der Waals surface area (Å²) in [4.78, 5) is 70.3. The first-order valence-corrected chi connectivity index (χ1v) is 25.4. The Balaban J connectivity index is 0.000000548. The molecule has 0 saturated carbocycles. The first kappa shape index (κ1) is 64.7. The predicted molar refractivity (Wildman–Crippen MR) is 291 cm³/mol. The van der Waals surface area contributed by atoms with Crippen LogP contribution in [-0.2, 0) is 69.0 Å². The summed E-state index contributed by atoms with van der Waals surface area (Å²) in [7, 11) is 0. The number of aryl methyl sites for hydroxylation is 2. The summed E-state index contributed by atoms with van der Waals surface area (Å²) >= 11 is 0. The van der Waals surface area contributed by atoms with Gasteiger partial charge < -0.3 is 28.4 Å². The zero-order valence-electron chi connectivity index (χ0n) is 46.9. The van der Waals surface area contributed by atoms with Crippen LogP contribution in [0.5, 0.6) is 0 Å². The summed E-state index contributed by atoms with van der Waals surface area (Å²) in [6.45, 7) is 32.1. The lowest BCUT2D eigenvalue weighted by atomic mass is 9.87. The highest BCUT2D eigenvalue weighted by Gasteiger charge is 2.28. The molecular formula is C61H86O12. The third-order valence-corrected chi connectivity index (χ3v) is 12.2. The summed E-state index contributed by atoms with van der Waals surface area (Å²) in [6.07, 6.45) is 12.4. The minimum atomic E-state index is -0.511. The minimum Gasteiger partial charge on any atom is -0.462 e. The molecule has 12 nitrogen and oxygen atoms in total. The fourth-order valence-electron chi connectivity index (χ4n) is 5.68. The molecular weight excluding hydrogens is 925 g/mol. The summed E-state index contributed by atoms with van der Waals surface area (Å²) < 4.78 is 30.4. The van der Waals surface area contributed by atoms with Gasteiger partial charge in [-0.25, -0.2) is 14.4 Å². The second-order valence-electron chi connectivity index (χ2n) is 21.2. The van der Waals surface area contributed by atoms with E-state index in [0.717, 1.165) is 23.1 Å². The molecule has 402 valence electrons. The van der Waals surface area contributed by atoms with E-state index in [1.54, 1.807) is 18.2 Å². The van der Waals surface area contributed by atoms with Crippen molar-refractivity contribution in [1.82, 2.24) is 0 Å². The molecule has 0 fully saturated rings. The second-order valence-corrected chi connectivity index (χ2v) is 21.2. The van der Waals surface area contributed by atoms with Gasteiger partial charge in [0, 0.05) is 18.2 Å². The van der Waals surface area contributed by atoms with Crippen molar-refractivity contribution in [2.75, 3.05) is 39.6 Å². The van der Waals surface area contributed by atoms with Gasteiger partial charge in [0.1, 0.15) is 39.6 Å². The van der Waals surface area contributed by atoms with Crippen LogP contribution < -0.4 is 0 Å². The molecule has 0 saturated heterocycles. The quantitative estimate of drug-likeness (QED) is 0.0384. The van der Waals surface area contributed by atoms with Gasteiger partial charge in [0.05, 0.1) is 16.2 Å². The van der Waals surface area contributed by atoms with Gasteiger partial charge in [-0.3, -0.25) is 14.4 Å². The van der Waals surface area contributed by atoms with Crippen LogP contribution in [0.1, 0.15) is 155 Å². The molecule has 3 rings (SSSR count). The molecule has 0 amide bonds. The molecule has 0 spiro atoms. The van der Waals surface area contributed by atoms with Crippen molar-refractivity contribution in [3.05, 3.63) is 124 Å². The fourth-order valence-corrected chi connectivity index (χ4v) is 5.68. The van der Waals surface area contributed by atoms with Crippen LogP contribution in [-0.4, -0.2) is 75.5 Å². The van der Waals surface area contributed by atoms with E-state index in [-0.39, 0.29) is 63.0 Å². The largest absolute Gasteiger partial charge is 0.462 e. The van der Waals surface area contributed by atoms with Gasteiger partial charge in [0.2, 0.25) is 0 Å². The smallest absolute Gasteiger partial charge is 0.330 e. The molecule has 0 aliphatic carbocycles. The van der Waals surface area contributed by atoms with Crippen molar-refractivity contribution in [3.8, 4) is 0 Å². The van der Waals surface area contributed by atoms with Crippen molar-refractivity contribution in [2.24, 2.45) is 22.2 Å². The third kappa shape index (κ3) is 26.8. The molecule has 0 N–H and O–H groups in total. The van der Waals surface area contributed by atoms with E-state index < -0.39 is 34.2 Å². The average molecular weight is 1010 g/mol. The molecule has 0 unspecified atom stereocenters. The molecule has 0 aliphatic heterocycles. The minimum absolute atomic E-state index is 0.0532. The van der Waals surface area contributed by atoms with Crippen molar-refractivity contribution in [1.29, 1.82) is 0 Å². The van der Waals surface area contributed by atoms with Crippen LogP contribution in [0.4, 0.5) is 0 Å². The van der Waals surface area contributed by atoms with Gasteiger partial charge >= 0.3 is 35.8 Å². The Labute approximate surface area is 437 Å². The lowest BCUT2D eigenvalue weighted by Gasteiger charge is -2.20. The van der Waals surface area contributed by atoms with Gasteiger partial charge in [0.25, 0.3) is 0 Å². The summed E-state index contributed by atoms with van der Waals surface area (Å²) in [5.41, 5.74) is 6.30. The maximum absolute atomic E-state index is 11.8. The van der Waals surface area contributed by atoms with E-state index in [0.29, 0.717) is 25.2 Å². The Bertz CT molecular complexity index is 2290. The second kappa shape index (κ2) is 32.0. The number of carbonyl (C=O) groups is 6. The van der Waals surface area contributed by atoms with E-state index in [4.69, 9.17) is 28.4 Å². The maximum atomic E-state index is 11.8. The molecule has 0 atom stereocenters. The normalized spacial score (nSPS) is 11.8. The molecule has 0 bridgehead atoms. The zero-order valence-corrected chi connectivity index (χ0v) is 46.9. The van der Waals surface area contributed by atoms with Gasteiger partial charge in [0.15, 0.2) is 0 Å². The van der Waals surface area contributed by atoms with Crippen molar-refractivity contribution >= 4 is 54.0 Å². The number of benzene rings is 3. The summed E-state index contributed by atoms with van der Waals surface area (Å²) in [5.74, 6) is -1.56. The molecule has 12 heteroatoms. The number of ether oxygens (including phenoxy) is 6. The Hall–Kier alpha value is -6.30. The van der Waals surface area contributed by atoms with Gasteiger partial charge in [-0.05, 0) is 150 Å². The van der Waals surface area contributed by atoms with E-state index >= 15 is 0 Å². The van der Waals surface area contributed by atoms with Crippen molar-refractivity contribution in [3.63, 3.8) is 0 Å². The molecule has 3 aromatic rings. The van der Waals surface area contributed by atoms with Crippen LogP contribution in [0.25, 0.3) is 18.2 Å². The SMILES string of the molecule is CCC(C)(C)C(=O)OCCOC(=O)/C=C/c1ccc(C(C)(C)C)cc1.CCC(C)(C)C(=O)OCCOC(=O)/C=C/c1ccc(C)c(C)c1.CCC(C)(C)C(=O)OCCOC(=O)/C=C/c1ccc(CC(C)C)cc1. The topological polar surface area (TPSA) is 158 Å². The van der Waals surface area contributed by atoms with Crippen LogP contribution in [0.2, 0.25) is 0 Å².